The van der Waals surface area contributed by atoms with Gasteiger partial charge in [-0.25, -0.2) is 0 Å². The molecule has 2 heteroatoms. The molecule has 0 bridgehead atoms. The third kappa shape index (κ3) is 1.89. The molecule has 0 amide bonds. The maximum absolute atomic E-state index is 3.69. The second-order valence-electron chi connectivity index (χ2n) is 7.37. The van der Waals surface area contributed by atoms with Gasteiger partial charge < -0.3 is 9.97 Å². The quantitative estimate of drug-likeness (QED) is 0.450. The van der Waals surface area contributed by atoms with Crippen molar-refractivity contribution in [3.05, 3.63) is 71.5 Å². The Labute approximate surface area is 141 Å². The first-order chi connectivity index (χ1) is 11.7. The summed E-state index contributed by atoms with van der Waals surface area (Å²) in [4.78, 5) is 7.35. The van der Waals surface area contributed by atoms with Gasteiger partial charge in [0.05, 0.1) is 0 Å². The number of aromatic amines is 2. The maximum atomic E-state index is 3.69. The number of benzene rings is 2. The molecule has 2 nitrogen and oxygen atoms in total. The molecule has 3 unspecified atom stereocenters. The Bertz CT molecular complexity index is 1000. The van der Waals surface area contributed by atoms with Gasteiger partial charge in [-0.15, -0.1) is 0 Å². The molecule has 0 aliphatic heterocycles. The van der Waals surface area contributed by atoms with Crippen molar-refractivity contribution >= 4 is 21.8 Å². The van der Waals surface area contributed by atoms with Gasteiger partial charge in [0.15, 0.2) is 0 Å². The van der Waals surface area contributed by atoms with Gasteiger partial charge in [0, 0.05) is 33.7 Å². The second kappa shape index (κ2) is 5.01. The standard InChI is InChI=1S/C22H22N2/c1-13-11-19-22(16-8-4-6-10-18(16)24-19)14(2)21(13)20-12-15-7-3-5-9-17(15)23-20/h3-10,12-14,21,23-24H,11H2,1-2H3. The van der Waals surface area contributed by atoms with Gasteiger partial charge in [-0.3, -0.25) is 0 Å². The van der Waals surface area contributed by atoms with E-state index in [9.17, 15) is 0 Å². The minimum Gasteiger partial charge on any atom is -0.358 e. The molecule has 2 N–H and O–H groups in total. The zero-order valence-electron chi connectivity index (χ0n) is 14.1. The Kier molecular flexibility index (Phi) is 2.90. The van der Waals surface area contributed by atoms with E-state index in [2.05, 4.69) is 78.4 Å². The van der Waals surface area contributed by atoms with Gasteiger partial charge in [0.1, 0.15) is 0 Å². The predicted molar refractivity (Wildman–Crippen MR) is 101 cm³/mol. The molecule has 3 atom stereocenters. The van der Waals surface area contributed by atoms with Crippen LogP contribution < -0.4 is 0 Å². The molecule has 0 spiro atoms. The first-order valence-corrected chi connectivity index (χ1v) is 8.89. The van der Waals surface area contributed by atoms with Crippen LogP contribution in [-0.4, -0.2) is 9.97 Å². The number of rotatable bonds is 1. The van der Waals surface area contributed by atoms with E-state index in [4.69, 9.17) is 0 Å². The molecule has 120 valence electrons. The van der Waals surface area contributed by atoms with Crippen molar-refractivity contribution in [3.8, 4) is 0 Å². The summed E-state index contributed by atoms with van der Waals surface area (Å²) < 4.78 is 0. The molecule has 2 aromatic heterocycles. The first kappa shape index (κ1) is 13.9. The van der Waals surface area contributed by atoms with Gasteiger partial charge in [0.2, 0.25) is 0 Å². The van der Waals surface area contributed by atoms with Gasteiger partial charge in [-0.1, -0.05) is 50.2 Å². The van der Waals surface area contributed by atoms with Crippen molar-refractivity contribution in [1.29, 1.82) is 0 Å². The SMILES string of the molecule is CC1Cc2[nH]c3ccccc3c2C(C)C1c1cc2ccccc2[nH]1. The van der Waals surface area contributed by atoms with E-state index in [1.165, 1.54) is 38.8 Å². The summed E-state index contributed by atoms with van der Waals surface area (Å²) in [7, 11) is 0. The lowest BCUT2D eigenvalue weighted by molar-refractivity contribution is 0.372. The summed E-state index contributed by atoms with van der Waals surface area (Å²) in [6.45, 7) is 4.78. The molecular formula is C22H22N2. The number of H-pyrrole nitrogens is 2. The smallest absolute Gasteiger partial charge is 0.0459 e. The van der Waals surface area contributed by atoms with Crippen LogP contribution in [0.4, 0.5) is 0 Å². The van der Waals surface area contributed by atoms with Crippen LogP contribution in [0.1, 0.15) is 42.6 Å². The fraction of sp³-hybridized carbons (Fsp3) is 0.273. The summed E-state index contributed by atoms with van der Waals surface area (Å²) in [6.07, 6.45) is 1.12. The Morgan fingerprint density at radius 1 is 0.875 bits per heavy atom. The highest BCUT2D eigenvalue weighted by Crippen LogP contribution is 2.47. The Balaban J connectivity index is 1.67. The van der Waals surface area contributed by atoms with Crippen LogP contribution in [0.15, 0.2) is 54.6 Å². The molecular weight excluding hydrogens is 292 g/mol. The van der Waals surface area contributed by atoms with Gasteiger partial charge in [-0.2, -0.15) is 0 Å². The molecule has 0 saturated carbocycles. The zero-order chi connectivity index (χ0) is 16.3. The molecule has 5 rings (SSSR count). The van der Waals surface area contributed by atoms with Crippen LogP contribution in [0.25, 0.3) is 21.8 Å². The molecule has 2 aromatic carbocycles. The van der Waals surface area contributed by atoms with E-state index in [0.717, 1.165) is 6.42 Å². The fourth-order valence-corrected chi connectivity index (χ4v) is 4.87. The lowest BCUT2D eigenvalue weighted by atomic mass is 9.70. The topological polar surface area (TPSA) is 31.6 Å². The summed E-state index contributed by atoms with van der Waals surface area (Å²) in [6, 6.07) is 19.7. The largest absolute Gasteiger partial charge is 0.358 e. The number of hydrogen-bond acceptors (Lipinski definition) is 0. The highest BCUT2D eigenvalue weighted by Gasteiger charge is 2.35. The summed E-state index contributed by atoms with van der Waals surface area (Å²) >= 11 is 0. The van der Waals surface area contributed by atoms with E-state index in [-0.39, 0.29) is 0 Å². The fourth-order valence-electron chi connectivity index (χ4n) is 4.87. The summed E-state index contributed by atoms with van der Waals surface area (Å²) in [5, 5.41) is 2.71. The number of aromatic nitrogens is 2. The minimum atomic E-state index is 0.507. The van der Waals surface area contributed by atoms with Crippen LogP contribution in [0.2, 0.25) is 0 Å². The van der Waals surface area contributed by atoms with E-state index in [0.29, 0.717) is 17.8 Å². The zero-order valence-corrected chi connectivity index (χ0v) is 14.1. The van der Waals surface area contributed by atoms with Gasteiger partial charge >= 0.3 is 0 Å². The minimum absolute atomic E-state index is 0.507. The van der Waals surface area contributed by atoms with Crippen LogP contribution in [0, 0.1) is 5.92 Å². The van der Waals surface area contributed by atoms with Gasteiger partial charge in [-0.05, 0) is 47.4 Å². The Morgan fingerprint density at radius 2 is 1.62 bits per heavy atom. The van der Waals surface area contributed by atoms with E-state index in [1.807, 2.05) is 0 Å². The van der Waals surface area contributed by atoms with Crippen molar-refractivity contribution in [2.24, 2.45) is 5.92 Å². The first-order valence-electron chi connectivity index (χ1n) is 8.89. The highest BCUT2D eigenvalue weighted by molar-refractivity contribution is 5.86. The van der Waals surface area contributed by atoms with Crippen molar-refractivity contribution < 1.29 is 0 Å². The average molecular weight is 314 g/mol. The molecule has 1 aliphatic rings. The van der Waals surface area contributed by atoms with Crippen molar-refractivity contribution in [2.45, 2.75) is 32.1 Å². The second-order valence-corrected chi connectivity index (χ2v) is 7.37. The van der Waals surface area contributed by atoms with Gasteiger partial charge in [0.25, 0.3) is 0 Å². The normalized spacial score (nSPS) is 23.7. The third-order valence-corrected chi connectivity index (χ3v) is 5.87. The van der Waals surface area contributed by atoms with Crippen molar-refractivity contribution in [3.63, 3.8) is 0 Å². The molecule has 0 fully saturated rings. The lowest BCUT2D eigenvalue weighted by Gasteiger charge is -2.34. The van der Waals surface area contributed by atoms with Crippen LogP contribution in [0.5, 0.6) is 0 Å². The van der Waals surface area contributed by atoms with Crippen molar-refractivity contribution in [2.75, 3.05) is 0 Å². The number of fused-ring (bicyclic) bond motifs is 4. The third-order valence-electron chi connectivity index (χ3n) is 5.87. The Hall–Kier alpha value is -2.48. The molecule has 4 aromatic rings. The molecule has 0 radical (unpaired) electrons. The van der Waals surface area contributed by atoms with E-state index < -0.39 is 0 Å². The average Bonchev–Trinajstić information content (AvgIpc) is 3.15. The molecule has 0 saturated heterocycles. The summed E-state index contributed by atoms with van der Waals surface area (Å²) in [5.74, 6) is 1.66. The van der Waals surface area contributed by atoms with Crippen LogP contribution in [0.3, 0.4) is 0 Å². The van der Waals surface area contributed by atoms with Crippen LogP contribution >= 0.6 is 0 Å². The predicted octanol–water partition coefficient (Wildman–Crippen LogP) is 5.73. The van der Waals surface area contributed by atoms with E-state index >= 15 is 0 Å². The van der Waals surface area contributed by atoms with Crippen molar-refractivity contribution in [1.82, 2.24) is 9.97 Å². The van der Waals surface area contributed by atoms with E-state index in [1.54, 1.807) is 0 Å². The number of para-hydroxylation sites is 2. The maximum Gasteiger partial charge on any atom is 0.0459 e. The molecule has 2 heterocycles. The molecule has 1 aliphatic carbocycles. The Morgan fingerprint density at radius 3 is 2.46 bits per heavy atom. The number of hydrogen-bond donors (Lipinski definition) is 2. The highest BCUT2D eigenvalue weighted by atomic mass is 14.8. The number of nitrogens with one attached hydrogen (secondary N) is 2. The van der Waals surface area contributed by atoms with Crippen LogP contribution in [-0.2, 0) is 6.42 Å². The lowest BCUT2D eigenvalue weighted by Crippen LogP contribution is -2.24. The molecule has 24 heavy (non-hydrogen) atoms. The summed E-state index contributed by atoms with van der Waals surface area (Å²) in [5.41, 5.74) is 6.86. The monoisotopic (exact) mass is 314 g/mol.